The third-order valence-corrected chi connectivity index (χ3v) is 7.00. The molecule has 0 fully saturated rings. The number of allylic oxidation sites excluding steroid dienone is 1. The van der Waals surface area contributed by atoms with Gasteiger partial charge in [0.25, 0.3) is 0 Å². The average molecular weight is 467 g/mol. The van der Waals surface area contributed by atoms with E-state index in [9.17, 15) is 0 Å². The second kappa shape index (κ2) is 29.8. The molecule has 0 nitrogen and oxygen atoms in total. The van der Waals surface area contributed by atoms with E-state index in [-0.39, 0.29) is 0 Å². The minimum atomic E-state index is 0.837. The molecule has 0 N–H and O–H groups in total. The minimum absolute atomic E-state index is 0.837. The van der Waals surface area contributed by atoms with Crippen molar-refractivity contribution in [2.75, 3.05) is 0 Å². The molecule has 2 atom stereocenters. The Kier molecular flexibility index (Phi) is 33.6. The highest BCUT2D eigenvalue weighted by Gasteiger charge is 2.16. The van der Waals surface area contributed by atoms with Crippen LogP contribution in [0.5, 0.6) is 0 Å². The zero-order valence-electron chi connectivity index (χ0n) is 25.5. The Balaban J connectivity index is -0.000000585. The van der Waals surface area contributed by atoms with Gasteiger partial charge in [0, 0.05) is 0 Å². The maximum Gasteiger partial charge on any atom is -0.0326 e. The number of rotatable bonds is 20. The summed E-state index contributed by atoms with van der Waals surface area (Å²) in [4.78, 5) is 0. The van der Waals surface area contributed by atoms with Crippen LogP contribution in [0.3, 0.4) is 0 Å². The second-order valence-corrected chi connectivity index (χ2v) is 11.4. The van der Waals surface area contributed by atoms with E-state index in [0.717, 1.165) is 23.7 Å². The molecule has 0 aromatic rings. The van der Waals surface area contributed by atoms with Gasteiger partial charge in [-0.15, -0.1) is 6.58 Å². The fourth-order valence-electron chi connectivity index (χ4n) is 4.41. The van der Waals surface area contributed by atoms with Crippen LogP contribution in [0.4, 0.5) is 0 Å². The smallest absolute Gasteiger partial charge is 0.0326 e. The molecular formula is C33H70. The maximum absolute atomic E-state index is 3.96. The number of hydrogen-bond donors (Lipinski definition) is 0. The quantitative estimate of drug-likeness (QED) is 0.123. The normalized spacial score (nSPS) is 12.6. The van der Waals surface area contributed by atoms with Gasteiger partial charge in [-0.05, 0) is 49.9 Å². The van der Waals surface area contributed by atoms with Crippen molar-refractivity contribution in [2.24, 2.45) is 23.7 Å². The van der Waals surface area contributed by atoms with Crippen LogP contribution in [-0.2, 0) is 0 Å². The first-order valence-corrected chi connectivity index (χ1v) is 15.4. The van der Waals surface area contributed by atoms with Gasteiger partial charge in [0.1, 0.15) is 0 Å². The van der Waals surface area contributed by atoms with Crippen LogP contribution in [0.1, 0.15) is 178 Å². The van der Waals surface area contributed by atoms with Crippen LogP contribution in [0, 0.1) is 23.7 Å². The van der Waals surface area contributed by atoms with Gasteiger partial charge in [0.15, 0.2) is 0 Å². The summed E-state index contributed by atoms with van der Waals surface area (Å²) in [6.45, 7) is 26.4. The van der Waals surface area contributed by atoms with Gasteiger partial charge >= 0.3 is 0 Å². The lowest BCUT2D eigenvalue weighted by Gasteiger charge is -2.24. The summed E-state index contributed by atoms with van der Waals surface area (Å²) >= 11 is 0. The number of hydrogen-bond acceptors (Lipinski definition) is 0. The van der Waals surface area contributed by atoms with Gasteiger partial charge in [-0.1, -0.05) is 158 Å². The Bertz CT molecular complexity index is 351. The van der Waals surface area contributed by atoms with Crippen molar-refractivity contribution in [3.63, 3.8) is 0 Å². The van der Waals surface area contributed by atoms with E-state index in [1.165, 1.54) is 115 Å². The lowest BCUT2D eigenvalue weighted by atomic mass is 9.82. The Labute approximate surface area is 214 Å². The van der Waals surface area contributed by atoms with Crippen LogP contribution in [0.2, 0.25) is 0 Å². The van der Waals surface area contributed by atoms with E-state index in [2.05, 4.69) is 62.0 Å². The van der Waals surface area contributed by atoms with Crippen LogP contribution in [0.15, 0.2) is 12.2 Å². The molecule has 2 unspecified atom stereocenters. The van der Waals surface area contributed by atoms with Crippen molar-refractivity contribution < 1.29 is 0 Å². The van der Waals surface area contributed by atoms with Crippen molar-refractivity contribution in [1.29, 1.82) is 0 Å². The third kappa shape index (κ3) is 34.0. The molecule has 0 spiro atoms. The molecule has 0 radical (unpaired) electrons. The van der Waals surface area contributed by atoms with Crippen LogP contribution < -0.4 is 0 Å². The van der Waals surface area contributed by atoms with E-state index in [0.29, 0.717) is 0 Å². The molecule has 33 heavy (non-hydrogen) atoms. The molecule has 0 aliphatic carbocycles. The first-order chi connectivity index (χ1) is 15.7. The molecule has 0 rings (SSSR count). The molecule has 0 bridgehead atoms. The van der Waals surface area contributed by atoms with Crippen molar-refractivity contribution in [1.82, 2.24) is 0 Å². The second-order valence-electron chi connectivity index (χ2n) is 11.4. The molecule has 0 amide bonds. The molecule has 0 saturated heterocycles. The summed E-state index contributed by atoms with van der Waals surface area (Å²) in [7, 11) is 0. The van der Waals surface area contributed by atoms with Gasteiger partial charge in [0.05, 0.1) is 0 Å². The zero-order valence-corrected chi connectivity index (χ0v) is 25.5. The highest BCUT2D eigenvalue weighted by Crippen LogP contribution is 2.25. The topological polar surface area (TPSA) is 0 Å². The average Bonchev–Trinajstić information content (AvgIpc) is 2.77. The van der Waals surface area contributed by atoms with E-state index >= 15 is 0 Å². The van der Waals surface area contributed by atoms with Crippen molar-refractivity contribution in [2.45, 2.75) is 178 Å². The van der Waals surface area contributed by atoms with Gasteiger partial charge in [0.2, 0.25) is 0 Å². The van der Waals surface area contributed by atoms with Gasteiger partial charge < -0.3 is 0 Å². The first-order valence-electron chi connectivity index (χ1n) is 15.4. The Morgan fingerprint density at radius 2 is 0.909 bits per heavy atom. The van der Waals surface area contributed by atoms with Crippen molar-refractivity contribution >= 4 is 0 Å². The molecule has 0 heteroatoms. The standard InChI is InChI=1S/C20H40.C11H24.C2H6/c1-4-5-6-7-8-9-10-11-12-13-14-15-16-17-18-19-20(2)3;1-8(2)7-10(5)11(6)9(3)4;1-2/h2,4-19H2,1,3H3;8-11H,7H2,1-6H3;1-2H3. The fourth-order valence-corrected chi connectivity index (χ4v) is 4.41. The van der Waals surface area contributed by atoms with Crippen LogP contribution in [-0.4, -0.2) is 0 Å². The van der Waals surface area contributed by atoms with Gasteiger partial charge in [-0.25, -0.2) is 0 Å². The highest BCUT2D eigenvalue weighted by molar-refractivity contribution is 4.86. The number of unbranched alkanes of at least 4 members (excludes halogenated alkanes) is 14. The van der Waals surface area contributed by atoms with Gasteiger partial charge in [-0.2, -0.15) is 0 Å². The van der Waals surface area contributed by atoms with E-state index in [1.54, 1.807) is 0 Å². The SMILES string of the molecule is C=C(C)CCCCCCCCCCCCCCCCC.CC.CC(C)CC(C)C(C)C(C)C. The van der Waals surface area contributed by atoms with Crippen molar-refractivity contribution in [3.8, 4) is 0 Å². The maximum atomic E-state index is 3.96. The summed E-state index contributed by atoms with van der Waals surface area (Å²) in [5, 5.41) is 0. The molecule has 0 aromatic heterocycles. The van der Waals surface area contributed by atoms with Crippen molar-refractivity contribution in [3.05, 3.63) is 12.2 Å². The summed E-state index contributed by atoms with van der Waals surface area (Å²) in [6.07, 6.45) is 24.3. The molecule has 202 valence electrons. The minimum Gasteiger partial charge on any atom is -0.100 e. The summed E-state index contributed by atoms with van der Waals surface area (Å²) in [6, 6.07) is 0. The lowest BCUT2D eigenvalue weighted by Crippen LogP contribution is -2.15. The molecule has 0 aliphatic rings. The highest BCUT2D eigenvalue weighted by atomic mass is 14.2. The summed E-state index contributed by atoms with van der Waals surface area (Å²) in [5.41, 5.74) is 1.35. The monoisotopic (exact) mass is 467 g/mol. The summed E-state index contributed by atoms with van der Waals surface area (Å²) in [5.74, 6) is 3.45. The van der Waals surface area contributed by atoms with Gasteiger partial charge in [-0.3, -0.25) is 0 Å². The van der Waals surface area contributed by atoms with E-state index < -0.39 is 0 Å². The molecule has 0 aromatic carbocycles. The molecule has 0 heterocycles. The van der Waals surface area contributed by atoms with E-state index in [4.69, 9.17) is 0 Å². The predicted octanol–water partition coefficient (Wildman–Crippen LogP) is 12.8. The van der Waals surface area contributed by atoms with E-state index in [1.807, 2.05) is 13.8 Å². The zero-order chi connectivity index (χ0) is 25.9. The molecule has 0 aliphatic heterocycles. The molecular weight excluding hydrogens is 396 g/mol. The first kappa shape index (κ1) is 37.3. The Hall–Kier alpha value is -0.260. The largest absolute Gasteiger partial charge is 0.100 e. The van der Waals surface area contributed by atoms with Crippen LogP contribution in [0.25, 0.3) is 0 Å². The summed E-state index contributed by atoms with van der Waals surface area (Å²) < 4.78 is 0. The lowest BCUT2D eigenvalue weighted by molar-refractivity contribution is 0.258. The Morgan fingerprint density at radius 3 is 1.18 bits per heavy atom. The molecule has 0 saturated carbocycles. The van der Waals surface area contributed by atoms with Crippen LogP contribution >= 0.6 is 0 Å². The third-order valence-electron chi connectivity index (χ3n) is 7.00. The Morgan fingerprint density at radius 1 is 0.576 bits per heavy atom. The predicted molar refractivity (Wildman–Crippen MR) is 158 cm³/mol. The fraction of sp³-hybridized carbons (Fsp3) is 0.939.